The molecule has 0 fully saturated rings. The number of rotatable bonds is 2. The van der Waals surface area contributed by atoms with Gasteiger partial charge in [0.1, 0.15) is 0 Å². The minimum Gasteiger partial charge on any atom is -0.298 e. The van der Waals surface area contributed by atoms with E-state index in [-0.39, 0.29) is 0 Å². The van der Waals surface area contributed by atoms with Crippen LogP contribution in [0.2, 0.25) is 0 Å². The minimum atomic E-state index is 0.746. The van der Waals surface area contributed by atoms with E-state index in [2.05, 4.69) is 42.5 Å². The van der Waals surface area contributed by atoms with E-state index in [1.807, 2.05) is 24.3 Å². The second-order valence-corrected chi connectivity index (χ2v) is 5.42. The first kappa shape index (κ1) is 12.1. The van der Waals surface area contributed by atoms with E-state index in [1.165, 1.54) is 11.1 Å². The van der Waals surface area contributed by atoms with E-state index in [9.17, 15) is 4.79 Å². The molecular weight excluding hydrogens is 256 g/mol. The molecule has 21 heavy (non-hydrogen) atoms. The maximum atomic E-state index is 11.5. The number of allylic oxidation sites excluding steroid dienone is 1. The first-order chi connectivity index (χ1) is 10.3. The average Bonchev–Trinajstić information content (AvgIpc) is 3.01. The molecule has 1 aliphatic carbocycles. The standard InChI is InChI=1S/C20H14O/c21-13-19-11-16-4-1-2-5-17(16)12-20(19)18-9-8-14-6-3-7-15(14)10-18/h1-5,7-13H,6H2. The Morgan fingerprint density at radius 1 is 0.905 bits per heavy atom. The number of hydrogen-bond acceptors (Lipinski definition) is 1. The maximum Gasteiger partial charge on any atom is 0.150 e. The van der Waals surface area contributed by atoms with Crippen molar-refractivity contribution in [2.45, 2.75) is 6.42 Å². The molecule has 0 saturated carbocycles. The lowest BCUT2D eigenvalue weighted by molar-refractivity contribution is 0.112. The quantitative estimate of drug-likeness (QED) is 0.606. The lowest BCUT2D eigenvalue weighted by Gasteiger charge is -2.09. The first-order valence-corrected chi connectivity index (χ1v) is 7.13. The Labute approximate surface area is 123 Å². The fourth-order valence-electron chi connectivity index (χ4n) is 3.02. The maximum absolute atomic E-state index is 11.5. The normalized spacial score (nSPS) is 12.6. The fourth-order valence-corrected chi connectivity index (χ4v) is 3.02. The SMILES string of the molecule is O=Cc1cc2ccccc2cc1-c1ccc2c(c1)C=CC2. The molecule has 4 rings (SSSR count). The molecule has 3 aromatic rings. The second kappa shape index (κ2) is 4.71. The molecule has 3 aromatic carbocycles. The zero-order chi connectivity index (χ0) is 14.2. The van der Waals surface area contributed by atoms with Crippen molar-refractivity contribution in [3.63, 3.8) is 0 Å². The summed E-state index contributed by atoms with van der Waals surface area (Å²) in [6.07, 6.45) is 6.29. The van der Waals surface area contributed by atoms with Gasteiger partial charge in [-0.05, 0) is 57.6 Å². The third-order valence-electron chi connectivity index (χ3n) is 4.14. The topological polar surface area (TPSA) is 17.1 Å². The van der Waals surface area contributed by atoms with E-state index in [0.29, 0.717) is 0 Å². The highest BCUT2D eigenvalue weighted by atomic mass is 16.1. The summed E-state index contributed by atoms with van der Waals surface area (Å²) in [7, 11) is 0. The molecule has 100 valence electrons. The largest absolute Gasteiger partial charge is 0.298 e. The first-order valence-electron chi connectivity index (χ1n) is 7.13. The van der Waals surface area contributed by atoms with Crippen LogP contribution in [0.15, 0.2) is 60.7 Å². The lowest BCUT2D eigenvalue weighted by atomic mass is 9.94. The molecule has 1 heteroatoms. The molecule has 0 aliphatic heterocycles. The molecule has 0 saturated heterocycles. The van der Waals surface area contributed by atoms with Gasteiger partial charge in [0, 0.05) is 5.56 Å². The molecule has 1 nitrogen and oxygen atoms in total. The molecular formula is C20H14O. The molecule has 0 aromatic heterocycles. The van der Waals surface area contributed by atoms with Gasteiger partial charge in [-0.3, -0.25) is 4.79 Å². The Balaban J connectivity index is 1.96. The zero-order valence-corrected chi connectivity index (χ0v) is 11.5. The molecule has 0 atom stereocenters. The van der Waals surface area contributed by atoms with Gasteiger partial charge in [0.15, 0.2) is 6.29 Å². The highest BCUT2D eigenvalue weighted by Crippen LogP contribution is 2.31. The van der Waals surface area contributed by atoms with Crippen molar-refractivity contribution in [3.05, 3.63) is 77.4 Å². The second-order valence-electron chi connectivity index (χ2n) is 5.42. The van der Waals surface area contributed by atoms with Crippen molar-refractivity contribution in [1.82, 2.24) is 0 Å². The lowest BCUT2D eigenvalue weighted by Crippen LogP contribution is -1.90. The predicted molar refractivity (Wildman–Crippen MR) is 87.5 cm³/mol. The summed E-state index contributed by atoms with van der Waals surface area (Å²) in [6.45, 7) is 0. The van der Waals surface area contributed by atoms with Crippen LogP contribution in [-0.2, 0) is 6.42 Å². The number of carbonyl (C=O) groups excluding carboxylic acids is 1. The van der Waals surface area contributed by atoms with Crippen LogP contribution in [0.25, 0.3) is 28.0 Å². The van der Waals surface area contributed by atoms with Crippen molar-refractivity contribution in [3.8, 4) is 11.1 Å². The van der Waals surface area contributed by atoms with E-state index in [1.54, 1.807) is 0 Å². The Kier molecular flexibility index (Phi) is 2.71. The summed E-state index contributed by atoms with van der Waals surface area (Å²) < 4.78 is 0. The van der Waals surface area contributed by atoms with Crippen LogP contribution >= 0.6 is 0 Å². The monoisotopic (exact) mass is 270 g/mol. The Morgan fingerprint density at radius 2 is 1.71 bits per heavy atom. The van der Waals surface area contributed by atoms with Gasteiger partial charge >= 0.3 is 0 Å². The summed E-state index contributed by atoms with van der Waals surface area (Å²) in [5.74, 6) is 0. The van der Waals surface area contributed by atoms with Crippen molar-refractivity contribution in [2.24, 2.45) is 0 Å². The molecule has 0 bridgehead atoms. The molecule has 1 aliphatic rings. The predicted octanol–water partition coefficient (Wildman–Crippen LogP) is 4.89. The Morgan fingerprint density at radius 3 is 2.52 bits per heavy atom. The smallest absolute Gasteiger partial charge is 0.150 e. The summed E-state index contributed by atoms with van der Waals surface area (Å²) in [5, 5.41) is 2.26. The van der Waals surface area contributed by atoms with Crippen LogP contribution < -0.4 is 0 Å². The highest BCUT2D eigenvalue weighted by molar-refractivity contribution is 5.97. The van der Waals surface area contributed by atoms with Gasteiger partial charge in [-0.2, -0.15) is 0 Å². The van der Waals surface area contributed by atoms with E-state index in [4.69, 9.17) is 0 Å². The van der Waals surface area contributed by atoms with Gasteiger partial charge in [-0.25, -0.2) is 0 Å². The summed E-state index contributed by atoms with van der Waals surface area (Å²) >= 11 is 0. The summed E-state index contributed by atoms with van der Waals surface area (Å²) in [4.78, 5) is 11.5. The van der Waals surface area contributed by atoms with Gasteiger partial charge in [0.05, 0.1) is 0 Å². The van der Waals surface area contributed by atoms with E-state index < -0.39 is 0 Å². The number of benzene rings is 3. The third-order valence-corrected chi connectivity index (χ3v) is 4.14. The van der Waals surface area contributed by atoms with Gasteiger partial charge in [0.2, 0.25) is 0 Å². The molecule has 0 unspecified atom stereocenters. The molecule has 0 amide bonds. The molecule has 0 radical (unpaired) electrons. The minimum absolute atomic E-state index is 0.746. The number of hydrogen-bond donors (Lipinski definition) is 0. The highest BCUT2D eigenvalue weighted by Gasteiger charge is 2.10. The Bertz CT molecular complexity index is 887. The third kappa shape index (κ3) is 1.98. The van der Waals surface area contributed by atoms with E-state index >= 15 is 0 Å². The van der Waals surface area contributed by atoms with Crippen LogP contribution in [0.1, 0.15) is 21.5 Å². The number of carbonyl (C=O) groups is 1. The van der Waals surface area contributed by atoms with Gasteiger partial charge < -0.3 is 0 Å². The molecule has 0 N–H and O–H groups in total. The van der Waals surface area contributed by atoms with Crippen molar-refractivity contribution < 1.29 is 4.79 Å². The van der Waals surface area contributed by atoms with E-state index in [0.717, 1.165) is 40.2 Å². The van der Waals surface area contributed by atoms with Crippen LogP contribution in [-0.4, -0.2) is 6.29 Å². The van der Waals surface area contributed by atoms with Gasteiger partial charge in [-0.1, -0.05) is 48.6 Å². The van der Waals surface area contributed by atoms with Crippen molar-refractivity contribution in [2.75, 3.05) is 0 Å². The van der Waals surface area contributed by atoms with Gasteiger partial charge in [-0.15, -0.1) is 0 Å². The van der Waals surface area contributed by atoms with Crippen molar-refractivity contribution >= 4 is 23.1 Å². The van der Waals surface area contributed by atoms with Crippen LogP contribution in [0.3, 0.4) is 0 Å². The summed E-state index contributed by atoms with van der Waals surface area (Å²) in [5.41, 5.74) is 5.47. The number of fused-ring (bicyclic) bond motifs is 2. The van der Waals surface area contributed by atoms with Crippen LogP contribution in [0, 0.1) is 0 Å². The van der Waals surface area contributed by atoms with Crippen LogP contribution in [0.5, 0.6) is 0 Å². The Hall–Kier alpha value is -2.67. The average molecular weight is 270 g/mol. The fraction of sp³-hybridized carbons (Fsp3) is 0.0500. The number of aldehydes is 1. The molecule has 0 spiro atoms. The van der Waals surface area contributed by atoms with Gasteiger partial charge in [0.25, 0.3) is 0 Å². The van der Waals surface area contributed by atoms with Crippen LogP contribution in [0.4, 0.5) is 0 Å². The zero-order valence-electron chi connectivity index (χ0n) is 11.5. The van der Waals surface area contributed by atoms with Crippen molar-refractivity contribution in [1.29, 1.82) is 0 Å². The summed E-state index contributed by atoms with van der Waals surface area (Å²) in [6, 6.07) is 18.7. The molecule has 0 heterocycles.